The lowest BCUT2D eigenvalue weighted by molar-refractivity contribution is -0.306. The number of carbonyl (C=O) groups excluding carboxylic acids is 2. The topological polar surface area (TPSA) is 80.3 Å². The van der Waals surface area contributed by atoms with E-state index >= 15 is 0 Å². The first-order valence-corrected chi connectivity index (χ1v) is 3.48. The van der Waals surface area contributed by atoms with Gasteiger partial charge in [0.2, 0.25) is 0 Å². The van der Waals surface area contributed by atoms with Crippen LogP contribution in [0.15, 0.2) is 0 Å². The Hall–Kier alpha value is -1.50. The minimum Gasteiger partial charge on any atom is -0.550 e. The molecule has 0 heterocycles. The van der Waals surface area contributed by atoms with Gasteiger partial charge in [-0.2, -0.15) is 0 Å². The zero-order chi connectivity index (χ0) is 9.40. The van der Waals surface area contributed by atoms with Gasteiger partial charge in [-0.3, -0.25) is 0 Å². The largest absolute Gasteiger partial charge is 0.550 e. The van der Waals surface area contributed by atoms with E-state index in [0.717, 1.165) is 0 Å². The summed E-state index contributed by atoms with van der Waals surface area (Å²) in [5.74, 6) is 2.72. The van der Waals surface area contributed by atoms with Crippen molar-refractivity contribution in [2.75, 3.05) is 0 Å². The molecular weight excluding hydrogens is 160 g/mol. The molecule has 0 aliphatic rings. The van der Waals surface area contributed by atoms with Crippen LogP contribution in [0.2, 0.25) is 0 Å². The van der Waals surface area contributed by atoms with E-state index in [-0.39, 0.29) is 25.7 Å². The van der Waals surface area contributed by atoms with E-state index < -0.39 is 11.9 Å². The van der Waals surface area contributed by atoms with Gasteiger partial charge in [0.05, 0.1) is 0 Å². The Labute approximate surface area is 70.2 Å². The second kappa shape index (κ2) is 6.23. The van der Waals surface area contributed by atoms with Crippen molar-refractivity contribution in [1.29, 1.82) is 0 Å². The summed E-state index contributed by atoms with van der Waals surface area (Å²) >= 11 is 0. The molecule has 0 N–H and O–H groups in total. The molecule has 0 saturated carbocycles. The number of carboxylic acids is 2. The van der Waals surface area contributed by atoms with Crippen LogP contribution >= 0.6 is 0 Å². The number of rotatable bonds is 4. The van der Waals surface area contributed by atoms with Gasteiger partial charge in [0.1, 0.15) is 0 Å². The summed E-state index contributed by atoms with van der Waals surface area (Å²) in [6, 6.07) is 0. The summed E-state index contributed by atoms with van der Waals surface area (Å²) in [4.78, 5) is 19.7. The molecular formula is C8H8O4-2. The molecule has 0 aromatic heterocycles. The first kappa shape index (κ1) is 10.5. The van der Waals surface area contributed by atoms with Crippen molar-refractivity contribution in [2.45, 2.75) is 25.7 Å². The number of aliphatic carboxylic acids is 2. The Kier molecular flexibility index (Phi) is 5.45. The summed E-state index contributed by atoms with van der Waals surface area (Å²) in [5, 5.41) is 19.7. The fourth-order valence-electron chi connectivity index (χ4n) is 0.506. The number of carbonyl (C=O) groups is 2. The van der Waals surface area contributed by atoms with Crippen LogP contribution in [0.4, 0.5) is 0 Å². The third-order valence-corrected chi connectivity index (χ3v) is 1.03. The van der Waals surface area contributed by atoms with Crippen molar-refractivity contribution in [3.63, 3.8) is 0 Å². The summed E-state index contributed by atoms with van der Waals surface area (Å²) < 4.78 is 0. The van der Waals surface area contributed by atoms with Gasteiger partial charge in [-0.1, -0.05) is 0 Å². The normalized spacial score (nSPS) is 8.33. The summed E-state index contributed by atoms with van der Waals surface area (Å²) in [5.41, 5.74) is 0. The third kappa shape index (κ3) is 8.50. The minimum absolute atomic E-state index is 0.113. The Morgan fingerprint density at radius 2 is 1.25 bits per heavy atom. The molecule has 0 amide bonds. The molecule has 0 aromatic rings. The van der Waals surface area contributed by atoms with Crippen molar-refractivity contribution in [3.8, 4) is 11.8 Å². The van der Waals surface area contributed by atoms with Crippen LogP contribution in [0.3, 0.4) is 0 Å². The van der Waals surface area contributed by atoms with Crippen LogP contribution in [-0.2, 0) is 9.59 Å². The summed E-state index contributed by atoms with van der Waals surface area (Å²) in [6.45, 7) is 0. The molecule has 0 fully saturated rings. The van der Waals surface area contributed by atoms with Crippen molar-refractivity contribution < 1.29 is 19.8 Å². The first-order chi connectivity index (χ1) is 5.63. The fourth-order valence-corrected chi connectivity index (χ4v) is 0.506. The molecule has 4 nitrogen and oxygen atoms in total. The van der Waals surface area contributed by atoms with Crippen molar-refractivity contribution in [3.05, 3.63) is 0 Å². The van der Waals surface area contributed by atoms with Crippen LogP contribution in [0.1, 0.15) is 25.7 Å². The SMILES string of the molecule is O=C([O-])CCC#CCCC(=O)[O-]. The van der Waals surface area contributed by atoms with Crippen LogP contribution in [0, 0.1) is 11.8 Å². The van der Waals surface area contributed by atoms with Gasteiger partial charge in [-0.25, -0.2) is 0 Å². The van der Waals surface area contributed by atoms with Crippen LogP contribution in [0.25, 0.3) is 0 Å². The lowest BCUT2D eigenvalue weighted by atomic mass is 10.3. The predicted octanol–water partition coefficient (Wildman–Crippen LogP) is -1.95. The molecule has 0 rings (SSSR count). The van der Waals surface area contributed by atoms with Crippen molar-refractivity contribution in [1.82, 2.24) is 0 Å². The molecule has 0 unspecified atom stereocenters. The Morgan fingerprint density at radius 1 is 0.917 bits per heavy atom. The monoisotopic (exact) mass is 168 g/mol. The van der Waals surface area contributed by atoms with Gasteiger partial charge in [0.15, 0.2) is 0 Å². The molecule has 0 spiro atoms. The number of hydrogen-bond acceptors (Lipinski definition) is 4. The Morgan fingerprint density at radius 3 is 1.50 bits per heavy atom. The van der Waals surface area contributed by atoms with Gasteiger partial charge < -0.3 is 19.8 Å². The zero-order valence-electron chi connectivity index (χ0n) is 6.46. The minimum atomic E-state index is -1.15. The van der Waals surface area contributed by atoms with Crippen LogP contribution in [0.5, 0.6) is 0 Å². The molecule has 12 heavy (non-hydrogen) atoms. The molecule has 0 aliphatic heterocycles. The van der Waals surface area contributed by atoms with E-state index in [1.165, 1.54) is 0 Å². The highest BCUT2D eigenvalue weighted by Crippen LogP contribution is 1.86. The molecule has 0 bridgehead atoms. The highest BCUT2D eigenvalue weighted by molar-refractivity contribution is 5.65. The van der Waals surface area contributed by atoms with Crippen LogP contribution < -0.4 is 10.2 Å². The fraction of sp³-hybridized carbons (Fsp3) is 0.500. The maximum atomic E-state index is 9.86. The molecule has 66 valence electrons. The lowest BCUT2D eigenvalue weighted by Crippen LogP contribution is -2.21. The van der Waals surface area contributed by atoms with Crippen molar-refractivity contribution >= 4 is 11.9 Å². The van der Waals surface area contributed by atoms with E-state index in [2.05, 4.69) is 11.8 Å². The van der Waals surface area contributed by atoms with Gasteiger partial charge in [-0.05, 0) is 12.8 Å². The quantitative estimate of drug-likeness (QED) is 0.457. The molecule has 0 atom stereocenters. The maximum Gasteiger partial charge on any atom is 0.0423 e. The van der Waals surface area contributed by atoms with Gasteiger partial charge in [0.25, 0.3) is 0 Å². The first-order valence-electron chi connectivity index (χ1n) is 3.48. The zero-order valence-corrected chi connectivity index (χ0v) is 6.46. The highest BCUT2D eigenvalue weighted by Gasteiger charge is 1.83. The average Bonchev–Trinajstić information content (AvgIpc) is 1.95. The van der Waals surface area contributed by atoms with Gasteiger partial charge in [0, 0.05) is 24.8 Å². The molecule has 0 aliphatic carbocycles. The molecule has 0 radical (unpaired) electrons. The summed E-state index contributed by atoms with van der Waals surface area (Å²) in [6.07, 6.45) is 0.182. The van der Waals surface area contributed by atoms with E-state index in [4.69, 9.17) is 0 Å². The van der Waals surface area contributed by atoms with E-state index in [1.54, 1.807) is 0 Å². The number of carboxylic acid groups (broad SMARTS) is 2. The lowest BCUT2D eigenvalue weighted by Gasteiger charge is -1.95. The van der Waals surface area contributed by atoms with Crippen LogP contribution in [-0.4, -0.2) is 11.9 Å². The van der Waals surface area contributed by atoms with E-state index in [0.29, 0.717) is 0 Å². The standard InChI is InChI=1S/C8H10O4/c9-7(10)5-3-1-2-4-6-8(11)12/h3-6H2,(H,9,10)(H,11,12)/p-2. The van der Waals surface area contributed by atoms with E-state index in [1.807, 2.05) is 0 Å². The highest BCUT2D eigenvalue weighted by atomic mass is 16.4. The summed E-state index contributed by atoms with van der Waals surface area (Å²) in [7, 11) is 0. The molecule has 0 saturated heterocycles. The van der Waals surface area contributed by atoms with E-state index in [9.17, 15) is 19.8 Å². The molecule has 4 heteroatoms. The average molecular weight is 168 g/mol. The second-order valence-electron chi connectivity index (χ2n) is 2.10. The third-order valence-electron chi connectivity index (χ3n) is 1.03. The smallest absolute Gasteiger partial charge is 0.0423 e. The number of hydrogen-bond donors (Lipinski definition) is 0. The maximum absolute atomic E-state index is 9.86. The second-order valence-corrected chi connectivity index (χ2v) is 2.10. The molecule has 0 aromatic carbocycles. The Balaban J connectivity index is 3.35. The predicted molar refractivity (Wildman–Crippen MR) is 36.3 cm³/mol. The van der Waals surface area contributed by atoms with Gasteiger partial charge >= 0.3 is 0 Å². The van der Waals surface area contributed by atoms with Gasteiger partial charge in [-0.15, -0.1) is 11.8 Å². The Bertz CT molecular complexity index is 199. The van der Waals surface area contributed by atoms with Crippen molar-refractivity contribution in [2.24, 2.45) is 0 Å².